The molecule has 0 saturated carbocycles. The molecule has 0 spiro atoms. The summed E-state index contributed by atoms with van der Waals surface area (Å²) in [5.74, 6) is -1.97. The van der Waals surface area contributed by atoms with Gasteiger partial charge in [0.1, 0.15) is 30.0 Å². The summed E-state index contributed by atoms with van der Waals surface area (Å²) in [6.45, 7) is 12.2. The van der Waals surface area contributed by atoms with Crippen LogP contribution in [-0.2, 0) is 23.9 Å². The van der Waals surface area contributed by atoms with E-state index >= 15 is 0 Å². The van der Waals surface area contributed by atoms with Crippen molar-refractivity contribution >= 4 is 23.9 Å². The van der Waals surface area contributed by atoms with Crippen molar-refractivity contribution in [3.05, 3.63) is 29.8 Å². The fourth-order valence-electron chi connectivity index (χ4n) is 3.50. The molecule has 0 saturated heterocycles. The second kappa shape index (κ2) is 13.7. The fraction of sp³-hybridized carbons (Fsp3) is 0.615. The van der Waals surface area contributed by atoms with Crippen LogP contribution in [0.5, 0.6) is 5.75 Å². The predicted molar refractivity (Wildman–Crippen MR) is 135 cm³/mol. The summed E-state index contributed by atoms with van der Waals surface area (Å²) in [4.78, 5) is 53.2. The monoisotopic (exact) mass is 507 g/mol. The van der Waals surface area contributed by atoms with Gasteiger partial charge in [0.05, 0.1) is 7.11 Å². The molecule has 4 unspecified atom stereocenters. The maximum Gasteiger partial charge on any atom is 0.408 e. The van der Waals surface area contributed by atoms with Crippen molar-refractivity contribution in [2.24, 2.45) is 5.92 Å². The first kappa shape index (κ1) is 30.7. The Morgan fingerprint density at radius 3 is 2.08 bits per heavy atom. The predicted octanol–water partition coefficient (Wildman–Crippen LogP) is 3.29. The van der Waals surface area contributed by atoms with Crippen LogP contribution < -0.4 is 10.6 Å². The van der Waals surface area contributed by atoms with E-state index < -0.39 is 47.6 Å². The minimum absolute atomic E-state index is 0.00189. The van der Waals surface area contributed by atoms with Gasteiger partial charge in [-0.05, 0) is 57.7 Å². The van der Waals surface area contributed by atoms with Crippen molar-refractivity contribution in [1.82, 2.24) is 15.5 Å². The topological polar surface area (TPSA) is 134 Å². The highest BCUT2D eigenvalue weighted by atomic mass is 16.6. The van der Waals surface area contributed by atoms with E-state index in [1.54, 1.807) is 39.8 Å². The highest BCUT2D eigenvalue weighted by Crippen LogP contribution is 2.28. The van der Waals surface area contributed by atoms with Gasteiger partial charge < -0.3 is 30.1 Å². The molecule has 0 aromatic heterocycles. The van der Waals surface area contributed by atoms with Gasteiger partial charge in [-0.1, -0.05) is 39.3 Å². The van der Waals surface area contributed by atoms with Crippen molar-refractivity contribution in [3.8, 4) is 5.75 Å². The molecule has 1 aromatic rings. The number of hydrogen-bond donors (Lipinski definition) is 3. The van der Waals surface area contributed by atoms with Crippen LogP contribution >= 0.6 is 0 Å². The first-order valence-corrected chi connectivity index (χ1v) is 12.2. The third-order valence-corrected chi connectivity index (χ3v) is 5.84. The van der Waals surface area contributed by atoms with E-state index in [-0.39, 0.29) is 18.2 Å². The minimum atomic E-state index is -1.13. The number of nitrogens with one attached hydrogen (secondary N) is 2. The van der Waals surface area contributed by atoms with Crippen molar-refractivity contribution < 1.29 is 33.8 Å². The Hall–Kier alpha value is -3.30. The van der Waals surface area contributed by atoms with Crippen LogP contribution in [-0.4, -0.2) is 65.2 Å². The molecule has 0 fully saturated rings. The molecule has 0 heterocycles. The molecule has 3 amide bonds. The van der Waals surface area contributed by atoms with E-state index in [4.69, 9.17) is 4.74 Å². The Labute approximate surface area is 213 Å². The largest absolute Gasteiger partial charge is 0.508 e. The summed E-state index contributed by atoms with van der Waals surface area (Å²) in [6.07, 6.45) is 0.366. The first-order chi connectivity index (χ1) is 16.7. The highest BCUT2D eigenvalue weighted by Gasteiger charge is 2.40. The van der Waals surface area contributed by atoms with Crippen LogP contribution in [0, 0.1) is 5.92 Å². The number of rotatable bonds is 11. The molecule has 36 heavy (non-hydrogen) atoms. The van der Waals surface area contributed by atoms with Crippen LogP contribution in [0.25, 0.3) is 0 Å². The summed E-state index contributed by atoms with van der Waals surface area (Å²) in [5.41, 5.74) is -0.324. The number of carbonyl (C=O) groups is 4. The molecule has 3 N–H and O–H groups in total. The van der Waals surface area contributed by atoms with Crippen molar-refractivity contribution in [2.75, 3.05) is 13.7 Å². The van der Waals surface area contributed by atoms with Crippen LogP contribution in [0.4, 0.5) is 4.79 Å². The van der Waals surface area contributed by atoms with Gasteiger partial charge in [-0.15, -0.1) is 0 Å². The second-order valence-electron chi connectivity index (χ2n) is 9.80. The van der Waals surface area contributed by atoms with Crippen LogP contribution in [0.3, 0.4) is 0 Å². The number of alkyl carbamates (subject to hydrolysis) is 1. The molecule has 10 heteroatoms. The standard InChI is InChI=1S/C26H41N3O7/c1-9-16(3)21(28-25(34)36-26(5,6)7)24(33)29(17(4)10-2)22(18-11-13-19(30)14-12-18)23(32)27-15-20(31)35-8/h11-14,16-17,21-22,30H,9-10,15H2,1-8H3,(H,27,32)(H,28,34). The third-order valence-electron chi connectivity index (χ3n) is 5.84. The van der Waals surface area contributed by atoms with Gasteiger partial charge in [-0.25, -0.2) is 4.79 Å². The molecule has 1 aromatic carbocycles. The van der Waals surface area contributed by atoms with Gasteiger partial charge >= 0.3 is 12.1 Å². The molecule has 0 aliphatic carbocycles. The molecule has 4 atom stereocenters. The Balaban J connectivity index is 3.52. The molecule has 202 valence electrons. The lowest BCUT2D eigenvalue weighted by Crippen LogP contribution is -2.57. The maximum atomic E-state index is 14.1. The number of esters is 1. The molecule has 0 aliphatic heterocycles. The van der Waals surface area contributed by atoms with Crippen LogP contribution in [0.1, 0.15) is 72.9 Å². The summed E-state index contributed by atoms with van der Waals surface area (Å²) < 4.78 is 10.0. The average Bonchev–Trinajstić information content (AvgIpc) is 2.82. The Kier molecular flexibility index (Phi) is 11.7. The number of nitrogens with zero attached hydrogens (tertiary/aromatic N) is 1. The molecule has 0 radical (unpaired) electrons. The zero-order valence-corrected chi connectivity index (χ0v) is 22.6. The highest BCUT2D eigenvalue weighted by molar-refractivity contribution is 5.93. The van der Waals surface area contributed by atoms with Gasteiger partial charge in [0, 0.05) is 6.04 Å². The summed E-state index contributed by atoms with van der Waals surface area (Å²) in [7, 11) is 1.21. The number of amides is 3. The van der Waals surface area contributed by atoms with Gasteiger partial charge in [-0.3, -0.25) is 14.4 Å². The number of hydrogen-bond acceptors (Lipinski definition) is 7. The fourth-order valence-corrected chi connectivity index (χ4v) is 3.50. The van der Waals surface area contributed by atoms with Gasteiger partial charge in [0.2, 0.25) is 11.8 Å². The zero-order chi connectivity index (χ0) is 27.6. The number of phenols is 1. The van der Waals surface area contributed by atoms with E-state index in [0.717, 1.165) is 0 Å². The molecule has 0 aliphatic rings. The molecule has 1 rings (SSSR count). The number of ether oxygens (including phenoxy) is 2. The zero-order valence-electron chi connectivity index (χ0n) is 22.6. The maximum absolute atomic E-state index is 14.1. The van der Waals surface area contributed by atoms with Crippen molar-refractivity contribution in [2.45, 2.75) is 85.0 Å². The van der Waals surface area contributed by atoms with Crippen molar-refractivity contribution in [3.63, 3.8) is 0 Å². The number of aromatic hydroxyl groups is 1. The first-order valence-electron chi connectivity index (χ1n) is 12.2. The quantitative estimate of drug-likeness (QED) is 0.391. The molecule has 10 nitrogen and oxygen atoms in total. The van der Waals surface area contributed by atoms with Gasteiger partial charge in [0.15, 0.2) is 0 Å². The van der Waals surface area contributed by atoms with Gasteiger partial charge in [0.25, 0.3) is 0 Å². The normalized spacial score (nSPS) is 14.6. The molecular weight excluding hydrogens is 466 g/mol. The van der Waals surface area contributed by atoms with E-state index in [9.17, 15) is 24.3 Å². The van der Waals surface area contributed by atoms with Crippen LogP contribution in [0.2, 0.25) is 0 Å². The third kappa shape index (κ3) is 9.05. The molecule has 0 bridgehead atoms. The Morgan fingerprint density at radius 2 is 1.61 bits per heavy atom. The SMILES string of the molecule is CCC(C)C(NC(=O)OC(C)(C)C)C(=O)N(C(C)CC)C(C(=O)NCC(=O)OC)c1ccc(O)cc1. The number of carbonyl (C=O) groups excluding carboxylic acids is 4. The Morgan fingerprint density at radius 1 is 1.03 bits per heavy atom. The smallest absolute Gasteiger partial charge is 0.408 e. The van der Waals surface area contributed by atoms with E-state index in [2.05, 4.69) is 15.4 Å². The van der Waals surface area contributed by atoms with Crippen molar-refractivity contribution in [1.29, 1.82) is 0 Å². The summed E-state index contributed by atoms with van der Waals surface area (Å²) in [6, 6.07) is 3.41. The molecular formula is C26H41N3O7. The average molecular weight is 508 g/mol. The number of methoxy groups -OCH3 is 1. The number of benzene rings is 1. The van der Waals surface area contributed by atoms with E-state index in [0.29, 0.717) is 18.4 Å². The number of phenolic OH excluding ortho intramolecular Hbond substituents is 1. The minimum Gasteiger partial charge on any atom is -0.508 e. The lowest BCUT2D eigenvalue weighted by molar-refractivity contribution is -0.147. The lowest BCUT2D eigenvalue weighted by Gasteiger charge is -2.39. The van der Waals surface area contributed by atoms with Crippen LogP contribution in [0.15, 0.2) is 24.3 Å². The lowest BCUT2D eigenvalue weighted by atomic mass is 9.94. The second-order valence-corrected chi connectivity index (χ2v) is 9.80. The van der Waals surface area contributed by atoms with E-state index in [1.807, 2.05) is 20.8 Å². The van der Waals surface area contributed by atoms with Gasteiger partial charge in [-0.2, -0.15) is 0 Å². The summed E-state index contributed by atoms with van der Waals surface area (Å²) in [5, 5.41) is 15.0. The van der Waals surface area contributed by atoms with E-state index in [1.165, 1.54) is 24.1 Å². The summed E-state index contributed by atoms with van der Waals surface area (Å²) >= 11 is 0. The Bertz CT molecular complexity index is 896.